The Kier molecular flexibility index (Phi) is 3.72. The van der Waals surface area contributed by atoms with Crippen LogP contribution in [-0.2, 0) is 6.42 Å². The van der Waals surface area contributed by atoms with Crippen molar-refractivity contribution in [2.45, 2.75) is 19.4 Å². The van der Waals surface area contributed by atoms with Crippen LogP contribution in [0.3, 0.4) is 0 Å². The fourth-order valence-electron chi connectivity index (χ4n) is 2.22. The monoisotopic (exact) mass is 333 g/mol. The third-order valence-electron chi connectivity index (χ3n) is 3.17. The zero-order valence-corrected chi connectivity index (χ0v) is 12.8. The van der Waals surface area contributed by atoms with Crippen molar-refractivity contribution < 1.29 is 5.11 Å². The Bertz CT molecular complexity index is 691. The number of phenols is 1. The molecule has 0 aliphatic carbocycles. The van der Waals surface area contributed by atoms with Gasteiger partial charge in [0.15, 0.2) is 0 Å². The molecule has 20 heavy (non-hydrogen) atoms. The predicted octanol–water partition coefficient (Wildman–Crippen LogP) is 3.78. The Morgan fingerprint density at radius 3 is 2.75 bits per heavy atom. The van der Waals surface area contributed by atoms with Gasteiger partial charge in [-0.1, -0.05) is 0 Å². The van der Waals surface area contributed by atoms with Crippen LogP contribution in [0.15, 0.2) is 50.4 Å². The minimum absolute atomic E-state index is 0.000309. The van der Waals surface area contributed by atoms with Gasteiger partial charge in [0.2, 0.25) is 0 Å². The molecule has 0 spiro atoms. The topological polar surface area (TPSA) is 57.0 Å². The molecule has 0 radical (unpaired) electrons. The second-order valence-electron chi connectivity index (χ2n) is 4.85. The van der Waals surface area contributed by atoms with Gasteiger partial charge in [0.1, 0.15) is 0 Å². The Morgan fingerprint density at radius 2 is 1.95 bits per heavy atom. The van der Waals surface area contributed by atoms with E-state index in [-0.39, 0.29) is 20.6 Å². The number of nitrogens with one attached hydrogen (secondary N) is 1. The van der Waals surface area contributed by atoms with Crippen molar-refractivity contribution in [3.8, 4) is 5.75 Å². The second kappa shape index (κ2) is 5.65. The Balaban J connectivity index is 1.71. The van der Waals surface area contributed by atoms with E-state index in [1.807, 2.05) is 30.3 Å². The van der Waals surface area contributed by atoms with E-state index < -0.39 is 0 Å². The second-order valence-corrected chi connectivity index (χ2v) is 5.96. The third-order valence-corrected chi connectivity index (χ3v) is 4.30. The van der Waals surface area contributed by atoms with Gasteiger partial charge >= 0.3 is 123 Å². The van der Waals surface area contributed by atoms with Crippen molar-refractivity contribution in [1.82, 2.24) is 0 Å². The minimum atomic E-state index is 0.000309. The van der Waals surface area contributed by atoms with Crippen LogP contribution in [0.1, 0.15) is 12.5 Å². The first-order chi connectivity index (χ1) is 9.72. The Labute approximate surface area is 123 Å². The van der Waals surface area contributed by atoms with Crippen LogP contribution in [0.25, 0.3) is 0 Å². The van der Waals surface area contributed by atoms with Gasteiger partial charge in [-0.05, 0) is 0 Å². The SMILES string of the molecule is CC(Cc1ccc(O)cc1)Nc1cccc2c1N=[Se]=N2. The maximum atomic E-state index is 9.30. The number of anilines is 1. The summed E-state index contributed by atoms with van der Waals surface area (Å²) in [5, 5.41) is 12.8. The van der Waals surface area contributed by atoms with Crippen LogP contribution in [0, 0.1) is 0 Å². The summed E-state index contributed by atoms with van der Waals surface area (Å²) in [6, 6.07) is 13.7. The van der Waals surface area contributed by atoms with Gasteiger partial charge in [-0.25, -0.2) is 0 Å². The maximum absolute atomic E-state index is 9.30. The van der Waals surface area contributed by atoms with Crippen LogP contribution in [0.2, 0.25) is 0 Å². The first-order valence-electron chi connectivity index (χ1n) is 6.48. The van der Waals surface area contributed by atoms with Crippen LogP contribution in [0.5, 0.6) is 5.75 Å². The van der Waals surface area contributed by atoms with E-state index >= 15 is 0 Å². The molecule has 1 atom stereocenters. The van der Waals surface area contributed by atoms with Crippen LogP contribution in [-0.4, -0.2) is 25.7 Å². The molecule has 2 aromatic rings. The quantitative estimate of drug-likeness (QED) is 0.714. The molecule has 2 N–H and O–H groups in total. The molecule has 0 saturated carbocycles. The number of fused-ring (bicyclic) bond motifs is 1. The number of hydrogen-bond donors (Lipinski definition) is 2. The molecule has 1 aliphatic heterocycles. The van der Waals surface area contributed by atoms with E-state index in [1.54, 1.807) is 12.1 Å². The first-order valence-corrected chi connectivity index (χ1v) is 8.01. The number of rotatable bonds is 4. The number of nitrogens with zero attached hydrogens (tertiary/aromatic N) is 2. The predicted molar refractivity (Wildman–Crippen MR) is 81.3 cm³/mol. The molecule has 4 nitrogen and oxygen atoms in total. The summed E-state index contributed by atoms with van der Waals surface area (Å²) in [5.74, 6) is 0.304. The van der Waals surface area contributed by atoms with E-state index in [2.05, 4.69) is 20.2 Å². The fraction of sp³-hybridized carbons (Fsp3) is 0.200. The van der Waals surface area contributed by atoms with Gasteiger partial charge in [-0.15, -0.1) is 0 Å². The van der Waals surface area contributed by atoms with E-state index in [4.69, 9.17) is 0 Å². The molecule has 0 amide bonds. The van der Waals surface area contributed by atoms with Gasteiger partial charge in [0.05, 0.1) is 0 Å². The number of benzene rings is 2. The summed E-state index contributed by atoms with van der Waals surface area (Å²) in [6.45, 7) is 2.14. The molecule has 1 heterocycles. The normalized spacial score (nSPS) is 13.7. The molecule has 102 valence electrons. The Morgan fingerprint density at radius 1 is 1.15 bits per heavy atom. The van der Waals surface area contributed by atoms with E-state index in [0.29, 0.717) is 5.75 Å². The molecule has 0 bridgehead atoms. The zero-order chi connectivity index (χ0) is 13.9. The molecule has 0 aromatic heterocycles. The molecule has 0 fully saturated rings. The molecule has 1 aliphatic rings. The van der Waals surface area contributed by atoms with Gasteiger partial charge in [0.25, 0.3) is 0 Å². The number of phenolic OH excluding ortho intramolecular Hbond substituents is 1. The summed E-state index contributed by atoms with van der Waals surface area (Å²) in [7, 11) is 0. The summed E-state index contributed by atoms with van der Waals surface area (Å²) in [4.78, 5) is 0. The summed E-state index contributed by atoms with van der Waals surface area (Å²) in [6.07, 6.45) is 0.895. The van der Waals surface area contributed by atoms with Gasteiger partial charge in [-0.3, -0.25) is 0 Å². The summed E-state index contributed by atoms with van der Waals surface area (Å²) < 4.78 is 8.86. The van der Waals surface area contributed by atoms with E-state index in [9.17, 15) is 5.11 Å². The van der Waals surface area contributed by atoms with Gasteiger partial charge in [-0.2, -0.15) is 0 Å². The van der Waals surface area contributed by atoms with Crippen molar-refractivity contribution >= 4 is 31.6 Å². The van der Waals surface area contributed by atoms with Crippen molar-refractivity contribution in [2.75, 3.05) is 5.32 Å². The van der Waals surface area contributed by atoms with Crippen LogP contribution in [0.4, 0.5) is 17.1 Å². The first kappa shape index (κ1) is 13.2. The van der Waals surface area contributed by atoms with Crippen molar-refractivity contribution in [2.24, 2.45) is 7.92 Å². The van der Waals surface area contributed by atoms with Gasteiger partial charge in [0, 0.05) is 0 Å². The molecular formula is C15H15N3OSe. The van der Waals surface area contributed by atoms with Crippen molar-refractivity contribution in [3.63, 3.8) is 0 Å². The third kappa shape index (κ3) is 2.84. The standard InChI is InChI=1S/C15H15N3OSe/c1-10(9-11-5-7-12(19)8-6-11)16-13-3-2-4-14-15(13)18-20-17-14/h2-8,10,16,19H,9H2,1H3. The average Bonchev–Trinajstić information content (AvgIpc) is 2.91. The summed E-state index contributed by atoms with van der Waals surface area (Å²) in [5.41, 5.74) is 4.23. The van der Waals surface area contributed by atoms with Crippen molar-refractivity contribution in [3.05, 3.63) is 48.0 Å². The zero-order valence-electron chi connectivity index (χ0n) is 11.1. The van der Waals surface area contributed by atoms with Gasteiger partial charge < -0.3 is 0 Å². The molecule has 3 rings (SSSR count). The molecule has 5 heteroatoms. The van der Waals surface area contributed by atoms with Crippen LogP contribution < -0.4 is 5.32 Å². The van der Waals surface area contributed by atoms with E-state index in [1.165, 1.54) is 5.56 Å². The van der Waals surface area contributed by atoms with Crippen molar-refractivity contribution in [1.29, 1.82) is 0 Å². The summed E-state index contributed by atoms with van der Waals surface area (Å²) >= 11 is 0.000309. The molecule has 1 unspecified atom stereocenters. The molecule has 2 aromatic carbocycles. The number of hydrogen-bond acceptors (Lipinski definition) is 4. The Hall–Kier alpha value is -1.84. The molecule has 0 saturated heterocycles. The molecular weight excluding hydrogens is 317 g/mol. The fourth-order valence-corrected chi connectivity index (χ4v) is 3.38. The van der Waals surface area contributed by atoms with Crippen LogP contribution >= 0.6 is 0 Å². The van der Waals surface area contributed by atoms with E-state index in [0.717, 1.165) is 23.5 Å². The number of aromatic hydroxyl groups is 1. The average molecular weight is 332 g/mol.